The number of aliphatic hydroxyl groups excluding tert-OH is 2. The molecule has 0 aliphatic rings. The smallest absolute Gasteiger partial charge is 0.351 e. The van der Waals surface area contributed by atoms with Crippen molar-refractivity contribution < 1.29 is 37.9 Å². The number of aliphatic hydroxyl groups is 2. The monoisotopic (exact) mass is 548 g/mol. The van der Waals surface area contributed by atoms with E-state index in [0.717, 1.165) is 10.8 Å². The summed E-state index contributed by atoms with van der Waals surface area (Å²) < 4.78 is 37.2. The molecule has 0 aliphatic carbocycles. The number of nitrogens with one attached hydrogen (secondary N) is 1. The van der Waals surface area contributed by atoms with Gasteiger partial charge in [-0.25, -0.2) is 14.3 Å². The van der Waals surface area contributed by atoms with Gasteiger partial charge in [-0.05, 0) is 50.8 Å². The van der Waals surface area contributed by atoms with Crippen LogP contribution < -0.4 is 21.0 Å². The number of esters is 1. The second-order valence-electron chi connectivity index (χ2n) is 7.76. The highest BCUT2D eigenvalue weighted by Crippen LogP contribution is 2.45. The summed E-state index contributed by atoms with van der Waals surface area (Å²) in [7, 11) is 0. The Labute approximate surface area is 212 Å². The largest absolute Gasteiger partial charge is 0.462 e. The zero-order valence-electron chi connectivity index (χ0n) is 19.9. The summed E-state index contributed by atoms with van der Waals surface area (Å²) in [6.07, 6.45) is -4.83. The van der Waals surface area contributed by atoms with Crippen LogP contribution >= 0.6 is 6.64 Å². The van der Waals surface area contributed by atoms with Gasteiger partial charge in [-0.2, -0.15) is 4.98 Å². The first-order valence-corrected chi connectivity index (χ1v) is 13.5. The number of nitrogen functional groups attached to an aromatic ring is 1. The number of carbonyl (C=O) groups excluding carboxylic acids is 1. The van der Waals surface area contributed by atoms with Crippen molar-refractivity contribution >= 4 is 30.2 Å². The van der Waals surface area contributed by atoms with Crippen LogP contribution in [0.4, 0.5) is 10.2 Å². The van der Waals surface area contributed by atoms with E-state index in [9.17, 15) is 24.2 Å². The van der Waals surface area contributed by atoms with Crippen LogP contribution in [0.5, 0.6) is 5.75 Å². The molecule has 0 bridgehead atoms. The molecule has 0 saturated heterocycles. The molecule has 0 radical (unpaired) electrons. The molecule has 0 spiro atoms. The molecule has 12 nitrogen and oxygen atoms in total. The number of para-hydroxylation sites is 1. The summed E-state index contributed by atoms with van der Waals surface area (Å²) in [6.45, 7) is -0.362. The minimum absolute atomic E-state index is 0.0939. The number of hydrogen-bond donors (Lipinski definition) is 4. The van der Waals surface area contributed by atoms with E-state index in [0.29, 0.717) is 5.75 Å². The normalized spacial score (nSPS) is 16.5. The van der Waals surface area contributed by atoms with Crippen molar-refractivity contribution in [2.45, 2.75) is 51.6 Å². The molecule has 2 aromatic rings. The quantitative estimate of drug-likeness (QED) is 0.197. The van der Waals surface area contributed by atoms with Gasteiger partial charge in [0.05, 0.1) is 12.7 Å². The van der Waals surface area contributed by atoms with Crippen LogP contribution in [0.2, 0.25) is 0 Å². The van der Waals surface area contributed by atoms with Gasteiger partial charge in [-0.15, -0.1) is 0 Å². The lowest BCUT2D eigenvalue weighted by molar-refractivity contribution is -0.178. The van der Waals surface area contributed by atoms with Gasteiger partial charge in [0.25, 0.3) is 0 Å². The van der Waals surface area contributed by atoms with Crippen LogP contribution in [-0.2, 0) is 30.6 Å². The summed E-state index contributed by atoms with van der Waals surface area (Å²) >= 11 is 5.49. The molecule has 15 heteroatoms. The molecule has 0 fully saturated rings. The Morgan fingerprint density at radius 2 is 1.94 bits per heavy atom. The minimum Gasteiger partial charge on any atom is -0.462 e. The average Bonchev–Trinajstić information content (AvgIpc) is 2.81. The Morgan fingerprint density at radius 3 is 2.53 bits per heavy atom. The molecule has 0 amide bonds. The maximum absolute atomic E-state index is 14.9. The number of halogens is 1. The SMILES string of the molecule is CC(C)OC(=O)C(C)NP(=S)(OCC(F)OC(C(O)CO)n1ccc(N)nc1=O)Oc1ccccc1. The van der Waals surface area contributed by atoms with Crippen molar-refractivity contribution in [3.63, 3.8) is 0 Å². The molecule has 2 rings (SSSR count). The second kappa shape index (κ2) is 13.7. The van der Waals surface area contributed by atoms with Crippen molar-refractivity contribution in [2.75, 3.05) is 18.9 Å². The van der Waals surface area contributed by atoms with Gasteiger partial charge in [-0.1, -0.05) is 18.2 Å². The van der Waals surface area contributed by atoms with Gasteiger partial charge in [0.2, 0.25) is 6.36 Å². The summed E-state index contributed by atoms with van der Waals surface area (Å²) in [5, 5.41) is 22.2. The van der Waals surface area contributed by atoms with Crippen LogP contribution in [-0.4, -0.2) is 63.6 Å². The van der Waals surface area contributed by atoms with E-state index in [1.165, 1.54) is 13.0 Å². The number of ether oxygens (including phenoxy) is 2. The number of aromatic nitrogens is 2. The molecule has 200 valence electrons. The number of hydrogen-bond acceptors (Lipinski definition) is 11. The number of carbonyl (C=O) groups is 1. The predicted octanol–water partition coefficient (Wildman–Crippen LogP) is 1.24. The molecular formula is C21H30FN4O8PS. The topological polar surface area (TPSA) is 167 Å². The van der Waals surface area contributed by atoms with Gasteiger partial charge in [-0.3, -0.25) is 9.36 Å². The van der Waals surface area contributed by atoms with E-state index < -0.39 is 56.2 Å². The lowest BCUT2D eigenvalue weighted by Crippen LogP contribution is -2.39. The Balaban J connectivity index is 2.17. The zero-order valence-corrected chi connectivity index (χ0v) is 21.6. The molecule has 1 aromatic heterocycles. The molecule has 0 saturated carbocycles. The van der Waals surface area contributed by atoms with Gasteiger partial charge in [0.1, 0.15) is 30.3 Å². The molecule has 5 unspecified atom stereocenters. The molecule has 36 heavy (non-hydrogen) atoms. The van der Waals surface area contributed by atoms with E-state index in [1.807, 2.05) is 0 Å². The molecule has 1 heterocycles. The molecule has 5 atom stereocenters. The molecular weight excluding hydrogens is 518 g/mol. The van der Waals surface area contributed by atoms with Crippen LogP contribution in [0.15, 0.2) is 47.4 Å². The van der Waals surface area contributed by atoms with Crippen molar-refractivity contribution in [1.29, 1.82) is 0 Å². The standard InChI is InChI=1S/C21H30FN4O8PS/c1-13(2)32-20(29)14(3)25-35(36,34-15-7-5-4-6-8-15)31-12-17(22)33-19(16(28)11-27)26-10-9-18(23)24-21(26)30/h4-10,13-14,16-17,19,27-28H,11-12H2,1-3H3,(H,25,36)(H2,23,24,30). The van der Waals surface area contributed by atoms with Crippen LogP contribution in [0.25, 0.3) is 0 Å². The first-order chi connectivity index (χ1) is 16.9. The first-order valence-electron chi connectivity index (χ1n) is 10.8. The Morgan fingerprint density at radius 1 is 1.28 bits per heavy atom. The number of alkyl halides is 1. The fourth-order valence-electron chi connectivity index (χ4n) is 2.73. The number of benzene rings is 1. The Kier molecular flexibility index (Phi) is 11.4. The third-order valence-corrected chi connectivity index (χ3v) is 6.83. The average molecular weight is 549 g/mol. The fourth-order valence-corrected chi connectivity index (χ4v) is 5.12. The van der Waals surface area contributed by atoms with E-state index in [2.05, 4.69) is 10.1 Å². The van der Waals surface area contributed by atoms with Crippen LogP contribution in [0, 0.1) is 0 Å². The van der Waals surface area contributed by atoms with Gasteiger partial charge >= 0.3 is 18.3 Å². The van der Waals surface area contributed by atoms with E-state index in [4.69, 9.17) is 36.1 Å². The summed E-state index contributed by atoms with van der Waals surface area (Å²) in [5.41, 5.74) is 4.52. The highest BCUT2D eigenvalue weighted by Gasteiger charge is 2.31. The van der Waals surface area contributed by atoms with E-state index in [1.54, 1.807) is 44.2 Å². The first kappa shape index (κ1) is 29.8. The predicted molar refractivity (Wildman–Crippen MR) is 132 cm³/mol. The number of nitrogens with two attached hydrogens (primary N) is 1. The van der Waals surface area contributed by atoms with E-state index >= 15 is 0 Å². The fraction of sp³-hybridized carbons (Fsp3) is 0.476. The van der Waals surface area contributed by atoms with E-state index in [-0.39, 0.29) is 11.9 Å². The maximum atomic E-state index is 14.9. The van der Waals surface area contributed by atoms with Crippen molar-refractivity contribution in [1.82, 2.24) is 14.6 Å². The zero-order chi connectivity index (χ0) is 26.9. The number of nitrogens with zero attached hydrogens (tertiary/aromatic N) is 2. The highest BCUT2D eigenvalue weighted by molar-refractivity contribution is 8.09. The van der Waals surface area contributed by atoms with Crippen LogP contribution in [0.1, 0.15) is 27.0 Å². The molecule has 0 aliphatic heterocycles. The van der Waals surface area contributed by atoms with Crippen molar-refractivity contribution in [2.24, 2.45) is 0 Å². The van der Waals surface area contributed by atoms with Gasteiger partial charge < -0.3 is 34.5 Å². The lowest BCUT2D eigenvalue weighted by atomic mass is 10.3. The number of rotatable bonds is 14. The van der Waals surface area contributed by atoms with Gasteiger partial charge in [0.15, 0.2) is 6.23 Å². The highest BCUT2D eigenvalue weighted by atomic mass is 32.5. The summed E-state index contributed by atoms with van der Waals surface area (Å²) in [6, 6.07) is 8.60. The van der Waals surface area contributed by atoms with Crippen molar-refractivity contribution in [3.8, 4) is 5.75 Å². The summed E-state index contributed by atoms with van der Waals surface area (Å²) in [5.74, 6) is -0.403. The van der Waals surface area contributed by atoms with Crippen molar-refractivity contribution in [3.05, 3.63) is 53.1 Å². The second-order valence-corrected chi connectivity index (χ2v) is 10.9. The molecule has 1 aromatic carbocycles. The van der Waals surface area contributed by atoms with Crippen LogP contribution in [0.3, 0.4) is 0 Å². The Hall–Kier alpha value is -2.45. The summed E-state index contributed by atoms with van der Waals surface area (Å²) in [4.78, 5) is 27.9. The number of anilines is 1. The third kappa shape index (κ3) is 9.21. The minimum atomic E-state index is -3.56. The lowest BCUT2D eigenvalue weighted by Gasteiger charge is -2.29. The molecule has 5 N–H and O–H groups in total. The third-order valence-electron chi connectivity index (χ3n) is 4.33. The maximum Gasteiger partial charge on any atom is 0.351 e. The Bertz CT molecular complexity index is 1090. The van der Waals surface area contributed by atoms with Gasteiger partial charge in [0, 0.05) is 6.20 Å².